The second-order valence-corrected chi connectivity index (χ2v) is 4.77. The molecule has 0 aliphatic heterocycles. The van der Waals surface area contributed by atoms with Crippen LogP contribution in [0.15, 0.2) is 42.6 Å². The van der Waals surface area contributed by atoms with E-state index in [4.69, 9.17) is 5.84 Å². The van der Waals surface area contributed by atoms with Crippen molar-refractivity contribution in [3.8, 4) is 0 Å². The molecule has 1 aromatic carbocycles. The predicted octanol–water partition coefficient (Wildman–Crippen LogP) is 2.70. The summed E-state index contributed by atoms with van der Waals surface area (Å²) in [4.78, 5) is 4.32. The van der Waals surface area contributed by atoms with Crippen LogP contribution in [0.2, 0.25) is 0 Å². The Morgan fingerprint density at radius 3 is 2.42 bits per heavy atom. The molecule has 0 fully saturated rings. The van der Waals surface area contributed by atoms with E-state index in [2.05, 4.69) is 47.7 Å². The Balaban J connectivity index is 2.17. The molecule has 0 spiro atoms. The van der Waals surface area contributed by atoms with E-state index < -0.39 is 0 Å². The van der Waals surface area contributed by atoms with Gasteiger partial charge in [0, 0.05) is 11.9 Å². The van der Waals surface area contributed by atoms with Gasteiger partial charge in [-0.2, -0.15) is 0 Å². The number of nitrogens with two attached hydrogens (primary N) is 1. The van der Waals surface area contributed by atoms with Gasteiger partial charge in [-0.15, -0.1) is 0 Å². The number of nitrogens with one attached hydrogen (secondary N) is 1. The Hall–Kier alpha value is -1.71. The van der Waals surface area contributed by atoms with E-state index >= 15 is 0 Å². The van der Waals surface area contributed by atoms with Crippen molar-refractivity contribution in [2.24, 2.45) is 5.84 Å². The lowest BCUT2D eigenvalue weighted by atomic mass is 9.97. The third-order valence-electron chi connectivity index (χ3n) is 3.50. The van der Waals surface area contributed by atoms with Crippen LogP contribution < -0.4 is 11.3 Å². The molecule has 0 aliphatic rings. The van der Waals surface area contributed by atoms with Gasteiger partial charge in [0.15, 0.2) is 0 Å². The molecule has 3 N–H and O–H groups in total. The van der Waals surface area contributed by atoms with Gasteiger partial charge in [-0.3, -0.25) is 16.3 Å². The summed E-state index contributed by atoms with van der Waals surface area (Å²) in [5.74, 6) is 5.70. The third kappa shape index (κ3) is 3.40. The van der Waals surface area contributed by atoms with Crippen molar-refractivity contribution in [3.05, 3.63) is 65.0 Å². The number of rotatable bonds is 5. The van der Waals surface area contributed by atoms with E-state index in [1.54, 1.807) is 0 Å². The molecule has 19 heavy (non-hydrogen) atoms. The molecule has 3 heteroatoms. The van der Waals surface area contributed by atoms with Gasteiger partial charge in [-0.25, -0.2) is 0 Å². The average molecular weight is 255 g/mol. The number of hydrogen-bond donors (Lipinski definition) is 2. The fourth-order valence-corrected chi connectivity index (χ4v) is 2.27. The zero-order valence-electron chi connectivity index (χ0n) is 11.6. The first-order valence-electron chi connectivity index (χ1n) is 6.70. The number of pyridine rings is 1. The van der Waals surface area contributed by atoms with Crippen molar-refractivity contribution >= 4 is 0 Å². The molecule has 0 amide bonds. The number of nitrogens with zero attached hydrogens (tertiary/aromatic N) is 1. The van der Waals surface area contributed by atoms with Crippen molar-refractivity contribution in [2.45, 2.75) is 32.7 Å². The Morgan fingerprint density at radius 1 is 1.16 bits per heavy atom. The van der Waals surface area contributed by atoms with Crippen molar-refractivity contribution in [1.82, 2.24) is 10.4 Å². The highest BCUT2D eigenvalue weighted by Gasteiger charge is 2.13. The summed E-state index contributed by atoms with van der Waals surface area (Å²) < 4.78 is 0. The molecule has 0 radical (unpaired) electrons. The van der Waals surface area contributed by atoms with Crippen LogP contribution in [0, 0.1) is 6.92 Å². The van der Waals surface area contributed by atoms with Gasteiger partial charge in [0.05, 0.1) is 6.04 Å². The number of hydrazine groups is 1. The van der Waals surface area contributed by atoms with Crippen molar-refractivity contribution in [2.75, 3.05) is 0 Å². The molecule has 1 aromatic heterocycles. The Kier molecular flexibility index (Phi) is 4.66. The van der Waals surface area contributed by atoms with Crippen LogP contribution in [-0.2, 0) is 12.8 Å². The Bertz CT molecular complexity index is 520. The van der Waals surface area contributed by atoms with E-state index in [9.17, 15) is 0 Å². The van der Waals surface area contributed by atoms with Crippen LogP contribution in [0.4, 0.5) is 0 Å². The van der Waals surface area contributed by atoms with E-state index in [1.807, 2.05) is 19.2 Å². The van der Waals surface area contributed by atoms with Crippen LogP contribution in [0.5, 0.6) is 0 Å². The molecule has 1 heterocycles. The standard InChI is InChI=1S/C16H21N3/c1-3-13-6-8-14(9-7-13)11-16(19-17)15-5-4-10-18-12(15)2/h4-10,16,19H,3,11,17H2,1-2H3. The Morgan fingerprint density at radius 2 is 1.84 bits per heavy atom. The first-order valence-corrected chi connectivity index (χ1v) is 6.70. The highest BCUT2D eigenvalue weighted by molar-refractivity contribution is 5.28. The number of aromatic nitrogens is 1. The highest BCUT2D eigenvalue weighted by Crippen LogP contribution is 2.20. The molecule has 1 atom stereocenters. The fraction of sp³-hybridized carbons (Fsp3) is 0.312. The predicted molar refractivity (Wildman–Crippen MR) is 78.6 cm³/mol. The summed E-state index contributed by atoms with van der Waals surface area (Å²) in [7, 11) is 0. The molecule has 0 bridgehead atoms. The van der Waals surface area contributed by atoms with E-state index in [-0.39, 0.29) is 6.04 Å². The minimum atomic E-state index is 0.0983. The lowest BCUT2D eigenvalue weighted by Gasteiger charge is -2.18. The molecule has 0 saturated carbocycles. The van der Waals surface area contributed by atoms with Crippen LogP contribution >= 0.6 is 0 Å². The minimum absolute atomic E-state index is 0.0983. The molecule has 2 aromatic rings. The second-order valence-electron chi connectivity index (χ2n) is 4.77. The fourth-order valence-electron chi connectivity index (χ4n) is 2.27. The number of benzene rings is 1. The molecular weight excluding hydrogens is 234 g/mol. The van der Waals surface area contributed by atoms with Crippen LogP contribution in [0.25, 0.3) is 0 Å². The molecule has 1 unspecified atom stereocenters. The van der Waals surface area contributed by atoms with Gasteiger partial charge in [-0.1, -0.05) is 37.3 Å². The summed E-state index contributed by atoms with van der Waals surface area (Å²) in [5.41, 5.74) is 7.72. The van der Waals surface area contributed by atoms with Gasteiger partial charge >= 0.3 is 0 Å². The quantitative estimate of drug-likeness (QED) is 0.638. The first-order chi connectivity index (χ1) is 9.24. The zero-order chi connectivity index (χ0) is 13.7. The first kappa shape index (κ1) is 13.7. The molecule has 2 rings (SSSR count). The summed E-state index contributed by atoms with van der Waals surface area (Å²) in [6, 6.07) is 12.8. The molecule has 3 nitrogen and oxygen atoms in total. The van der Waals surface area contributed by atoms with Crippen molar-refractivity contribution in [3.63, 3.8) is 0 Å². The molecule has 0 saturated heterocycles. The smallest absolute Gasteiger partial charge is 0.0518 e. The number of hydrogen-bond acceptors (Lipinski definition) is 3. The second kappa shape index (κ2) is 6.45. The summed E-state index contributed by atoms with van der Waals surface area (Å²) in [6.07, 6.45) is 3.75. The average Bonchev–Trinajstić information content (AvgIpc) is 2.46. The van der Waals surface area contributed by atoms with Crippen LogP contribution in [-0.4, -0.2) is 4.98 Å². The van der Waals surface area contributed by atoms with E-state index in [1.165, 1.54) is 11.1 Å². The van der Waals surface area contributed by atoms with Crippen LogP contribution in [0.3, 0.4) is 0 Å². The van der Waals surface area contributed by atoms with Gasteiger partial charge in [0.1, 0.15) is 0 Å². The van der Waals surface area contributed by atoms with Crippen molar-refractivity contribution in [1.29, 1.82) is 0 Å². The largest absolute Gasteiger partial charge is 0.271 e. The van der Waals surface area contributed by atoms with Gasteiger partial charge in [0.25, 0.3) is 0 Å². The summed E-state index contributed by atoms with van der Waals surface area (Å²) in [6.45, 7) is 4.18. The van der Waals surface area contributed by atoms with E-state index in [0.717, 1.165) is 24.1 Å². The van der Waals surface area contributed by atoms with E-state index in [0.29, 0.717) is 0 Å². The highest BCUT2D eigenvalue weighted by atomic mass is 15.2. The zero-order valence-corrected chi connectivity index (χ0v) is 11.6. The lowest BCUT2D eigenvalue weighted by molar-refractivity contribution is 0.547. The summed E-state index contributed by atoms with van der Waals surface area (Å²) in [5, 5.41) is 0. The Labute approximate surface area is 114 Å². The maximum Gasteiger partial charge on any atom is 0.0518 e. The molecule has 100 valence electrons. The van der Waals surface area contributed by atoms with Gasteiger partial charge in [0.2, 0.25) is 0 Å². The maximum atomic E-state index is 5.70. The summed E-state index contributed by atoms with van der Waals surface area (Å²) >= 11 is 0. The number of aryl methyl sites for hydroxylation is 2. The monoisotopic (exact) mass is 255 g/mol. The topological polar surface area (TPSA) is 50.9 Å². The van der Waals surface area contributed by atoms with Gasteiger partial charge < -0.3 is 0 Å². The molecular formula is C16H21N3. The van der Waals surface area contributed by atoms with Crippen molar-refractivity contribution < 1.29 is 0 Å². The van der Waals surface area contributed by atoms with Gasteiger partial charge in [-0.05, 0) is 42.5 Å². The third-order valence-corrected chi connectivity index (χ3v) is 3.50. The van der Waals surface area contributed by atoms with Crippen LogP contribution in [0.1, 0.15) is 35.3 Å². The lowest BCUT2D eigenvalue weighted by Crippen LogP contribution is -2.30. The normalized spacial score (nSPS) is 12.4. The molecule has 0 aliphatic carbocycles. The SMILES string of the molecule is CCc1ccc(CC(NN)c2cccnc2C)cc1. The maximum absolute atomic E-state index is 5.70. The minimum Gasteiger partial charge on any atom is -0.271 e.